The van der Waals surface area contributed by atoms with E-state index in [-0.39, 0.29) is 5.91 Å². The van der Waals surface area contributed by atoms with Crippen LogP contribution in [0.2, 0.25) is 5.02 Å². The molecule has 0 radical (unpaired) electrons. The van der Waals surface area contributed by atoms with E-state index in [1.807, 2.05) is 17.0 Å². The Kier molecular flexibility index (Phi) is 4.30. The molecule has 2 aromatic carbocycles. The fourth-order valence-electron chi connectivity index (χ4n) is 3.83. The Bertz CT molecular complexity index is 744. The summed E-state index contributed by atoms with van der Waals surface area (Å²) in [5, 5.41) is 0.665. The molecule has 0 aliphatic carbocycles. The summed E-state index contributed by atoms with van der Waals surface area (Å²) in [4.78, 5) is 17.2. The Hall–Kier alpha value is -1.84. The first kappa shape index (κ1) is 15.7. The van der Waals surface area contributed by atoms with E-state index in [9.17, 15) is 4.79 Å². The smallest absolute Gasteiger partial charge is 0.253 e. The van der Waals surface area contributed by atoms with Crippen molar-refractivity contribution in [2.75, 3.05) is 19.6 Å². The summed E-state index contributed by atoms with van der Waals surface area (Å²) in [6.45, 7) is 3.75. The van der Waals surface area contributed by atoms with Gasteiger partial charge in [0.1, 0.15) is 0 Å². The maximum Gasteiger partial charge on any atom is 0.253 e. The highest BCUT2D eigenvalue weighted by Crippen LogP contribution is 2.25. The summed E-state index contributed by atoms with van der Waals surface area (Å²) < 4.78 is 0. The normalized spacial score (nSPS) is 20.9. The molecule has 1 saturated heterocycles. The molecule has 1 atom stereocenters. The number of hydrogen-bond donors (Lipinski definition) is 0. The van der Waals surface area contributed by atoms with Crippen molar-refractivity contribution in [2.45, 2.75) is 25.4 Å². The highest BCUT2D eigenvalue weighted by atomic mass is 35.5. The summed E-state index contributed by atoms with van der Waals surface area (Å²) in [5.41, 5.74) is 3.64. The molecule has 4 heteroatoms. The van der Waals surface area contributed by atoms with Crippen molar-refractivity contribution in [3.63, 3.8) is 0 Å². The molecular formula is C20H21ClN2O. The molecule has 2 heterocycles. The molecule has 1 amide bonds. The van der Waals surface area contributed by atoms with E-state index in [0.717, 1.165) is 44.6 Å². The number of carbonyl (C=O) groups excluding carboxylic acids is 1. The Morgan fingerprint density at radius 1 is 1.00 bits per heavy atom. The lowest BCUT2D eigenvalue weighted by Crippen LogP contribution is -2.41. The maximum absolute atomic E-state index is 12.6. The van der Waals surface area contributed by atoms with Crippen LogP contribution >= 0.6 is 11.6 Å². The molecule has 0 bridgehead atoms. The minimum Gasteiger partial charge on any atom is -0.337 e. The highest BCUT2D eigenvalue weighted by Gasteiger charge is 2.32. The monoisotopic (exact) mass is 340 g/mol. The molecule has 3 nitrogen and oxygen atoms in total. The first-order valence-electron chi connectivity index (χ1n) is 8.56. The zero-order valence-corrected chi connectivity index (χ0v) is 14.4. The van der Waals surface area contributed by atoms with Crippen LogP contribution in [-0.4, -0.2) is 41.4 Å². The number of benzene rings is 2. The van der Waals surface area contributed by atoms with Crippen molar-refractivity contribution >= 4 is 17.5 Å². The summed E-state index contributed by atoms with van der Waals surface area (Å²) >= 11 is 5.91. The van der Waals surface area contributed by atoms with Crippen molar-refractivity contribution in [1.82, 2.24) is 9.80 Å². The van der Waals surface area contributed by atoms with Crippen molar-refractivity contribution in [3.05, 3.63) is 70.2 Å². The molecule has 124 valence electrons. The maximum atomic E-state index is 12.6. The van der Waals surface area contributed by atoms with Crippen LogP contribution < -0.4 is 0 Å². The summed E-state index contributed by atoms with van der Waals surface area (Å²) in [5.74, 6) is 0.117. The van der Waals surface area contributed by atoms with Crippen LogP contribution in [0.15, 0.2) is 48.5 Å². The Morgan fingerprint density at radius 2 is 1.75 bits per heavy atom. The second-order valence-corrected chi connectivity index (χ2v) is 7.13. The predicted octanol–water partition coefficient (Wildman–Crippen LogP) is 3.61. The number of fused-ring (bicyclic) bond motifs is 1. The number of rotatable bonds is 2. The minimum atomic E-state index is 0.117. The van der Waals surface area contributed by atoms with Crippen molar-refractivity contribution in [1.29, 1.82) is 0 Å². The number of carbonyl (C=O) groups is 1. The van der Waals surface area contributed by atoms with E-state index in [2.05, 4.69) is 29.2 Å². The molecule has 4 rings (SSSR count). The summed E-state index contributed by atoms with van der Waals surface area (Å²) in [7, 11) is 0. The second-order valence-electron chi connectivity index (χ2n) is 6.69. The molecule has 2 aromatic rings. The summed E-state index contributed by atoms with van der Waals surface area (Å²) in [6, 6.07) is 16.4. The van der Waals surface area contributed by atoms with Gasteiger partial charge in [0.25, 0.3) is 5.91 Å². The third-order valence-electron chi connectivity index (χ3n) is 5.22. The zero-order chi connectivity index (χ0) is 16.5. The molecule has 0 saturated carbocycles. The lowest BCUT2D eigenvalue weighted by atomic mass is 9.98. The Labute approximate surface area is 147 Å². The van der Waals surface area contributed by atoms with E-state index in [1.54, 1.807) is 12.1 Å². The average Bonchev–Trinajstić information content (AvgIpc) is 3.11. The van der Waals surface area contributed by atoms with Gasteiger partial charge in [0.15, 0.2) is 0 Å². The van der Waals surface area contributed by atoms with Gasteiger partial charge in [0, 0.05) is 42.8 Å². The number of amides is 1. The van der Waals surface area contributed by atoms with Gasteiger partial charge < -0.3 is 4.90 Å². The molecule has 1 unspecified atom stereocenters. The standard InChI is InChI=1S/C20H21ClN2O/c21-18-7-5-16(6-8-18)20(24)23-12-10-19(14-23)22-11-9-15-3-1-2-4-17(15)13-22/h1-8,19H,9-14H2. The van der Waals surface area contributed by atoms with Gasteiger partial charge >= 0.3 is 0 Å². The SMILES string of the molecule is O=C(c1ccc(Cl)cc1)N1CCC(N2CCc3ccccc3C2)C1. The molecule has 0 aromatic heterocycles. The van der Waals surface area contributed by atoms with Crippen LogP contribution in [0.25, 0.3) is 0 Å². The Morgan fingerprint density at radius 3 is 2.54 bits per heavy atom. The van der Waals surface area contributed by atoms with E-state index in [0.29, 0.717) is 11.1 Å². The third kappa shape index (κ3) is 3.06. The molecule has 1 fully saturated rings. The van der Waals surface area contributed by atoms with Crippen LogP contribution in [0, 0.1) is 0 Å². The number of nitrogens with zero attached hydrogens (tertiary/aromatic N) is 2. The van der Waals surface area contributed by atoms with Crippen LogP contribution in [-0.2, 0) is 13.0 Å². The van der Waals surface area contributed by atoms with E-state index < -0.39 is 0 Å². The first-order valence-corrected chi connectivity index (χ1v) is 8.94. The Balaban J connectivity index is 1.42. The largest absolute Gasteiger partial charge is 0.337 e. The number of hydrogen-bond acceptors (Lipinski definition) is 2. The van der Waals surface area contributed by atoms with Crippen LogP contribution in [0.4, 0.5) is 0 Å². The molecular weight excluding hydrogens is 320 g/mol. The fourth-order valence-corrected chi connectivity index (χ4v) is 3.95. The lowest BCUT2D eigenvalue weighted by molar-refractivity contribution is 0.0773. The van der Waals surface area contributed by atoms with Gasteiger partial charge in [-0.15, -0.1) is 0 Å². The quantitative estimate of drug-likeness (QED) is 0.833. The molecule has 24 heavy (non-hydrogen) atoms. The fraction of sp³-hybridized carbons (Fsp3) is 0.350. The second kappa shape index (κ2) is 6.58. The van der Waals surface area contributed by atoms with Crippen LogP contribution in [0.5, 0.6) is 0 Å². The zero-order valence-electron chi connectivity index (χ0n) is 13.6. The van der Waals surface area contributed by atoms with Crippen molar-refractivity contribution in [2.24, 2.45) is 0 Å². The van der Waals surface area contributed by atoms with Crippen LogP contribution in [0.1, 0.15) is 27.9 Å². The van der Waals surface area contributed by atoms with Gasteiger partial charge in [-0.1, -0.05) is 35.9 Å². The number of halogens is 1. The van der Waals surface area contributed by atoms with Gasteiger partial charge in [-0.2, -0.15) is 0 Å². The van der Waals surface area contributed by atoms with E-state index in [1.165, 1.54) is 11.1 Å². The lowest BCUT2D eigenvalue weighted by Gasteiger charge is -2.33. The van der Waals surface area contributed by atoms with E-state index >= 15 is 0 Å². The van der Waals surface area contributed by atoms with Gasteiger partial charge in [-0.05, 0) is 48.2 Å². The predicted molar refractivity (Wildman–Crippen MR) is 96.3 cm³/mol. The van der Waals surface area contributed by atoms with Gasteiger partial charge in [-0.3, -0.25) is 9.69 Å². The average molecular weight is 341 g/mol. The van der Waals surface area contributed by atoms with Crippen molar-refractivity contribution in [3.8, 4) is 0 Å². The summed E-state index contributed by atoms with van der Waals surface area (Å²) in [6.07, 6.45) is 2.17. The molecule has 2 aliphatic heterocycles. The van der Waals surface area contributed by atoms with Crippen LogP contribution in [0.3, 0.4) is 0 Å². The van der Waals surface area contributed by atoms with E-state index in [4.69, 9.17) is 11.6 Å². The third-order valence-corrected chi connectivity index (χ3v) is 5.47. The molecule has 2 aliphatic rings. The van der Waals surface area contributed by atoms with Gasteiger partial charge in [0.2, 0.25) is 0 Å². The highest BCUT2D eigenvalue weighted by molar-refractivity contribution is 6.30. The molecule has 0 N–H and O–H groups in total. The van der Waals surface area contributed by atoms with Gasteiger partial charge in [0.05, 0.1) is 0 Å². The van der Waals surface area contributed by atoms with Gasteiger partial charge in [-0.25, -0.2) is 0 Å². The molecule has 0 spiro atoms. The van der Waals surface area contributed by atoms with Crippen molar-refractivity contribution < 1.29 is 4.79 Å². The topological polar surface area (TPSA) is 23.6 Å². The minimum absolute atomic E-state index is 0.117. The first-order chi connectivity index (χ1) is 11.7. The number of likely N-dealkylation sites (tertiary alicyclic amines) is 1.